The minimum absolute atomic E-state index is 0.169. The van der Waals surface area contributed by atoms with Crippen LogP contribution in [-0.4, -0.2) is 37.3 Å². The molecule has 1 saturated heterocycles. The molecule has 130 valence electrons. The molecular weight excluding hydrogens is 320 g/mol. The van der Waals surface area contributed by atoms with Crippen LogP contribution in [0.15, 0.2) is 35.5 Å². The van der Waals surface area contributed by atoms with Gasteiger partial charge in [-0.3, -0.25) is 9.59 Å². The van der Waals surface area contributed by atoms with Gasteiger partial charge < -0.3 is 9.47 Å². The largest absolute Gasteiger partial charge is 0.497 e. The highest BCUT2D eigenvalue weighted by atomic mass is 16.5. The number of imide groups is 1. The van der Waals surface area contributed by atoms with Crippen LogP contribution in [0.2, 0.25) is 0 Å². The van der Waals surface area contributed by atoms with E-state index < -0.39 is 0 Å². The maximum atomic E-state index is 12.7. The van der Waals surface area contributed by atoms with Crippen LogP contribution < -0.4 is 9.47 Å². The average Bonchev–Trinajstić information content (AvgIpc) is 2.93. The number of fused-ring (bicyclic) bond motifs is 1. The fraction of sp³-hybridized carbons (Fsp3) is 0.421. The number of benzene rings is 1. The Morgan fingerprint density at radius 2 is 1.68 bits per heavy atom. The van der Waals surface area contributed by atoms with Crippen molar-refractivity contribution in [2.45, 2.75) is 12.8 Å². The van der Waals surface area contributed by atoms with Crippen molar-refractivity contribution < 1.29 is 19.1 Å². The third-order valence-electron chi connectivity index (χ3n) is 5.49. The lowest BCUT2D eigenvalue weighted by Crippen LogP contribution is -2.38. The van der Waals surface area contributed by atoms with E-state index in [1.807, 2.05) is 0 Å². The number of ether oxygens (including phenoxy) is 2. The molecule has 0 radical (unpaired) electrons. The molecule has 0 spiro atoms. The fourth-order valence-electron chi connectivity index (χ4n) is 4.22. The van der Waals surface area contributed by atoms with Crippen LogP contribution in [0.4, 0.5) is 0 Å². The van der Waals surface area contributed by atoms with Gasteiger partial charge in [0, 0.05) is 11.6 Å². The molecule has 2 bridgehead atoms. The van der Waals surface area contributed by atoms with Crippen LogP contribution in [0.1, 0.15) is 18.4 Å². The SMILES string of the molecule is COc1ccc(/C=N\N2C(=O)[C@@H]3[C@H](C2=O)[C@H]2C=C[C@H]3CC2)c(OC)c1. The van der Waals surface area contributed by atoms with Gasteiger partial charge in [-0.15, -0.1) is 0 Å². The molecule has 25 heavy (non-hydrogen) atoms. The van der Waals surface area contributed by atoms with Crippen LogP contribution in [0.3, 0.4) is 0 Å². The van der Waals surface area contributed by atoms with Crippen LogP contribution in [-0.2, 0) is 9.59 Å². The van der Waals surface area contributed by atoms with Crippen LogP contribution in [0.25, 0.3) is 0 Å². The molecule has 2 amide bonds. The summed E-state index contributed by atoms with van der Waals surface area (Å²) >= 11 is 0. The Bertz CT molecular complexity index is 754. The molecule has 2 fully saturated rings. The number of allylic oxidation sites excluding steroid dienone is 2. The standard InChI is InChI=1S/C19H20N2O4/c1-24-14-8-7-13(15(9-14)25-2)10-20-21-18(22)16-11-3-4-12(6-5-11)17(16)19(21)23/h3-4,7-12,16-17H,5-6H2,1-2H3/b20-10-/t11-,12-,16-,17+/m0/s1. The first-order chi connectivity index (χ1) is 12.1. The van der Waals surface area contributed by atoms with E-state index in [1.165, 1.54) is 6.21 Å². The van der Waals surface area contributed by atoms with Gasteiger partial charge in [-0.2, -0.15) is 10.1 Å². The number of hydrogen-bond acceptors (Lipinski definition) is 5. The van der Waals surface area contributed by atoms with Crippen molar-refractivity contribution >= 4 is 18.0 Å². The zero-order valence-corrected chi connectivity index (χ0v) is 14.2. The van der Waals surface area contributed by atoms with Crippen molar-refractivity contribution in [2.24, 2.45) is 28.8 Å². The van der Waals surface area contributed by atoms with Crippen LogP contribution >= 0.6 is 0 Å². The van der Waals surface area contributed by atoms with Crippen molar-refractivity contribution in [3.8, 4) is 11.5 Å². The predicted octanol–water partition coefficient (Wildman–Crippen LogP) is 2.23. The number of carbonyl (C=O) groups is 2. The van der Waals surface area contributed by atoms with E-state index in [0.29, 0.717) is 17.1 Å². The van der Waals surface area contributed by atoms with Crippen LogP contribution in [0.5, 0.6) is 11.5 Å². The van der Waals surface area contributed by atoms with Crippen molar-refractivity contribution in [3.05, 3.63) is 35.9 Å². The maximum absolute atomic E-state index is 12.7. The monoisotopic (exact) mass is 340 g/mol. The Hall–Kier alpha value is -2.63. The highest BCUT2D eigenvalue weighted by molar-refractivity contribution is 6.06. The quantitative estimate of drug-likeness (QED) is 0.479. The highest BCUT2D eigenvalue weighted by Gasteiger charge is 2.56. The molecule has 0 aromatic heterocycles. The molecule has 3 aliphatic carbocycles. The molecule has 1 aromatic carbocycles. The Balaban J connectivity index is 1.60. The highest BCUT2D eigenvalue weighted by Crippen LogP contribution is 2.49. The molecule has 6 nitrogen and oxygen atoms in total. The smallest absolute Gasteiger partial charge is 0.254 e. The first kappa shape index (κ1) is 15.9. The minimum atomic E-state index is -0.244. The number of methoxy groups -OCH3 is 2. The van der Waals surface area contributed by atoms with Gasteiger partial charge in [-0.25, -0.2) is 0 Å². The van der Waals surface area contributed by atoms with Gasteiger partial charge >= 0.3 is 0 Å². The number of nitrogens with zero attached hydrogens (tertiary/aromatic N) is 2. The normalized spacial score (nSPS) is 30.2. The lowest BCUT2D eigenvalue weighted by Gasteiger charge is -2.37. The van der Waals surface area contributed by atoms with E-state index in [1.54, 1.807) is 32.4 Å². The summed E-state index contributed by atoms with van der Waals surface area (Å²) in [6.07, 6.45) is 7.65. The van der Waals surface area contributed by atoms with Crippen LogP contribution in [0, 0.1) is 23.7 Å². The number of carbonyl (C=O) groups excluding carboxylic acids is 2. The zero-order valence-electron chi connectivity index (χ0n) is 14.2. The van der Waals surface area contributed by atoms with Gasteiger partial charge in [-0.05, 0) is 36.8 Å². The lowest BCUT2D eigenvalue weighted by atomic mass is 9.63. The van der Waals surface area contributed by atoms with Crippen molar-refractivity contribution in [3.63, 3.8) is 0 Å². The second kappa shape index (κ2) is 6.02. The Kier molecular flexibility index (Phi) is 3.82. The summed E-state index contributed by atoms with van der Waals surface area (Å²) in [6, 6.07) is 5.30. The molecule has 1 saturated carbocycles. The average molecular weight is 340 g/mol. The number of rotatable bonds is 4. The molecule has 1 heterocycles. The summed E-state index contributed by atoms with van der Waals surface area (Å²) in [6.45, 7) is 0. The third-order valence-corrected chi connectivity index (χ3v) is 5.49. The lowest BCUT2D eigenvalue weighted by molar-refractivity contribution is -0.140. The maximum Gasteiger partial charge on any atom is 0.254 e. The molecule has 0 N–H and O–H groups in total. The molecule has 1 aliphatic heterocycles. The van der Waals surface area contributed by atoms with Gasteiger partial charge in [0.15, 0.2) is 0 Å². The molecular formula is C19H20N2O4. The van der Waals surface area contributed by atoms with Gasteiger partial charge in [0.25, 0.3) is 11.8 Å². The summed E-state index contributed by atoms with van der Waals surface area (Å²) < 4.78 is 10.5. The topological polar surface area (TPSA) is 68.2 Å². The van der Waals surface area contributed by atoms with Crippen molar-refractivity contribution in [1.82, 2.24) is 5.01 Å². The fourth-order valence-corrected chi connectivity index (χ4v) is 4.22. The molecule has 5 rings (SSSR count). The zero-order chi connectivity index (χ0) is 17.6. The van der Waals surface area contributed by atoms with E-state index in [-0.39, 0.29) is 35.5 Å². The first-order valence-electron chi connectivity index (χ1n) is 8.46. The second-order valence-electron chi connectivity index (χ2n) is 6.68. The van der Waals surface area contributed by atoms with Gasteiger partial charge in [0.2, 0.25) is 0 Å². The summed E-state index contributed by atoms with van der Waals surface area (Å²) in [5.74, 6) is 0.717. The molecule has 6 heteroatoms. The number of hydrogen-bond donors (Lipinski definition) is 0. The first-order valence-corrected chi connectivity index (χ1v) is 8.46. The molecule has 1 aromatic rings. The predicted molar refractivity (Wildman–Crippen MR) is 91.3 cm³/mol. The Morgan fingerprint density at radius 3 is 2.20 bits per heavy atom. The summed E-state index contributed by atoms with van der Waals surface area (Å²) in [4.78, 5) is 25.4. The summed E-state index contributed by atoms with van der Waals surface area (Å²) in [5.41, 5.74) is 0.680. The number of hydrazone groups is 1. The van der Waals surface area contributed by atoms with Gasteiger partial charge in [0.1, 0.15) is 11.5 Å². The van der Waals surface area contributed by atoms with E-state index in [0.717, 1.165) is 17.9 Å². The Labute approximate surface area is 146 Å². The van der Waals surface area contributed by atoms with E-state index >= 15 is 0 Å². The van der Waals surface area contributed by atoms with E-state index in [9.17, 15) is 9.59 Å². The van der Waals surface area contributed by atoms with Gasteiger partial charge in [0.05, 0.1) is 32.3 Å². The van der Waals surface area contributed by atoms with Gasteiger partial charge in [-0.1, -0.05) is 12.2 Å². The van der Waals surface area contributed by atoms with Crippen molar-refractivity contribution in [1.29, 1.82) is 0 Å². The van der Waals surface area contributed by atoms with Crippen molar-refractivity contribution in [2.75, 3.05) is 14.2 Å². The Morgan fingerprint density at radius 1 is 1.04 bits per heavy atom. The summed E-state index contributed by atoms with van der Waals surface area (Å²) in [7, 11) is 3.13. The van der Waals surface area contributed by atoms with E-state index in [4.69, 9.17) is 9.47 Å². The molecule has 0 unspecified atom stereocenters. The van der Waals surface area contributed by atoms with E-state index in [2.05, 4.69) is 17.3 Å². The minimum Gasteiger partial charge on any atom is -0.497 e. The number of amides is 2. The second-order valence-corrected chi connectivity index (χ2v) is 6.68. The third kappa shape index (κ3) is 2.44. The molecule has 4 aliphatic rings. The summed E-state index contributed by atoms with van der Waals surface area (Å²) in [5, 5.41) is 5.25. The molecule has 4 atom stereocenters.